The Labute approximate surface area is 130 Å². The normalized spacial score (nSPS) is 24.9. The molecule has 1 saturated heterocycles. The first-order valence-corrected chi connectivity index (χ1v) is 9.70. The smallest absolute Gasteiger partial charge is 0.157 e. The highest BCUT2D eigenvalue weighted by atomic mass is 32.2. The van der Waals surface area contributed by atoms with E-state index >= 15 is 0 Å². The van der Waals surface area contributed by atoms with Crippen molar-refractivity contribution in [3.63, 3.8) is 0 Å². The fraction of sp³-hybridized carbons (Fsp3) is 0.688. The molecule has 1 saturated carbocycles. The Hall–Kier alpha value is -0.480. The summed E-state index contributed by atoms with van der Waals surface area (Å²) >= 11 is 3.78. The fourth-order valence-corrected chi connectivity index (χ4v) is 5.30. The second-order valence-corrected chi connectivity index (χ2v) is 7.95. The molecule has 2 fully saturated rings. The van der Waals surface area contributed by atoms with E-state index in [1.165, 1.54) is 54.3 Å². The van der Waals surface area contributed by atoms with Crippen LogP contribution in [0.5, 0.6) is 0 Å². The van der Waals surface area contributed by atoms with Gasteiger partial charge in [0, 0.05) is 16.2 Å². The molecule has 0 amide bonds. The fourth-order valence-electron chi connectivity index (χ4n) is 3.24. The van der Waals surface area contributed by atoms with Crippen molar-refractivity contribution in [3.8, 4) is 0 Å². The van der Waals surface area contributed by atoms with Gasteiger partial charge in [0.25, 0.3) is 0 Å². The summed E-state index contributed by atoms with van der Waals surface area (Å²) in [7, 11) is 0. The quantitative estimate of drug-likeness (QED) is 0.848. The Morgan fingerprint density at radius 1 is 1.35 bits per heavy atom. The van der Waals surface area contributed by atoms with Crippen LogP contribution >= 0.6 is 23.1 Å². The van der Waals surface area contributed by atoms with Crippen LogP contribution in [0.15, 0.2) is 22.5 Å². The largest absolute Gasteiger partial charge is 0.359 e. The van der Waals surface area contributed by atoms with Crippen molar-refractivity contribution in [2.45, 2.75) is 63.5 Å². The summed E-state index contributed by atoms with van der Waals surface area (Å²) in [6.45, 7) is 2.25. The number of nitrogens with zero attached hydrogens (tertiary/aromatic N) is 1. The minimum absolute atomic E-state index is 0.355. The van der Waals surface area contributed by atoms with E-state index in [4.69, 9.17) is 4.99 Å². The average molecular weight is 309 g/mol. The molecule has 1 aliphatic carbocycles. The number of nitrogens with one attached hydrogen (secondary N) is 1. The van der Waals surface area contributed by atoms with E-state index in [0.717, 1.165) is 6.42 Å². The highest BCUT2D eigenvalue weighted by molar-refractivity contribution is 8.14. The molecule has 20 heavy (non-hydrogen) atoms. The third-order valence-corrected chi connectivity index (χ3v) is 6.53. The van der Waals surface area contributed by atoms with Crippen LogP contribution < -0.4 is 5.32 Å². The van der Waals surface area contributed by atoms with Gasteiger partial charge in [0.2, 0.25) is 0 Å². The van der Waals surface area contributed by atoms with Crippen molar-refractivity contribution in [2.75, 3.05) is 5.75 Å². The maximum atomic E-state index is 5.04. The average Bonchev–Trinajstić information content (AvgIpc) is 3.10. The van der Waals surface area contributed by atoms with Crippen molar-refractivity contribution < 1.29 is 0 Å². The van der Waals surface area contributed by atoms with E-state index < -0.39 is 0 Å². The molecule has 1 unspecified atom stereocenters. The molecule has 1 aromatic heterocycles. The van der Waals surface area contributed by atoms with Gasteiger partial charge in [-0.3, -0.25) is 4.99 Å². The van der Waals surface area contributed by atoms with Gasteiger partial charge in [-0.15, -0.1) is 11.3 Å². The lowest BCUT2D eigenvalue weighted by molar-refractivity contribution is 0.303. The van der Waals surface area contributed by atoms with Crippen molar-refractivity contribution in [2.24, 2.45) is 4.99 Å². The first-order chi connectivity index (χ1) is 9.81. The lowest BCUT2D eigenvalue weighted by Gasteiger charge is -2.32. The van der Waals surface area contributed by atoms with Crippen molar-refractivity contribution >= 4 is 28.3 Å². The first-order valence-electron chi connectivity index (χ1n) is 7.83. The van der Waals surface area contributed by atoms with Gasteiger partial charge in [-0.1, -0.05) is 50.4 Å². The van der Waals surface area contributed by atoms with E-state index in [0.29, 0.717) is 11.6 Å². The second-order valence-electron chi connectivity index (χ2n) is 6.01. The van der Waals surface area contributed by atoms with E-state index in [-0.39, 0.29) is 0 Å². The van der Waals surface area contributed by atoms with E-state index in [2.05, 4.69) is 29.8 Å². The Bertz CT molecular complexity index is 447. The Morgan fingerprint density at radius 2 is 2.20 bits per heavy atom. The van der Waals surface area contributed by atoms with Crippen molar-refractivity contribution in [3.05, 3.63) is 22.4 Å². The molecular formula is C16H24N2S2. The van der Waals surface area contributed by atoms with Crippen molar-refractivity contribution in [1.29, 1.82) is 0 Å². The van der Waals surface area contributed by atoms with E-state index in [1.54, 1.807) is 0 Å². The molecule has 0 bridgehead atoms. The van der Waals surface area contributed by atoms with E-state index in [1.807, 2.05) is 23.1 Å². The Balaban J connectivity index is 1.71. The zero-order valence-electron chi connectivity index (χ0n) is 12.2. The standard InChI is InChI=1S/C16H24N2S2/c1-2-7-13(14-8-6-11-19-14)17-15-18-16(12-20-15)9-4-3-5-10-16/h6,8,11,13H,2-5,7,9-10,12H2,1H3,(H,17,18). The van der Waals surface area contributed by atoms with Crippen LogP contribution in [0.3, 0.4) is 0 Å². The summed E-state index contributed by atoms with van der Waals surface area (Å²) in [4.78, 5) is 6.44. The number of hydrogen-bond acceptors (Lipinski definition) is 3. The highest BCUT2D eigenvalue weighted by Gasteiger charge is 2.38. The molecule has 3 rings (SSSR count). The van der Waals surface area contributed by atoms with Crippen LogP contribution in [0.25, 0.3) is 0 Å². The molecule has 0 aromatic carbocycles. The van der Waals surface area contributed by atoms with Crippen LogP contribution in [0.2, 0.25) is 0 Å². The molecule has 1 atom stereocenters. The molecule has 2 aliphatic rings. The SMILES string of the molecule is CCCC(N=C1NC2(CCCCC2)CS1)c1cccs1. The molecule has 2 nitrogen and oxygen atoms in total. The van der Waals surface area contributed by atoms with Gasteiger partial charge in [-0.05, 0) is 30.7 Å². The molecular weight excluding hydrogens is 284 g/mol. The predicted octanol–water partition coefficient (Wildman–Crippen LogP) is 4.98. The third-order valence-electron chi connectivity index (χ3n) is 4.37. The molecule has 1 N–H and O–H groups in total. The number of thiophene rings is 1. The van der Waals surface area contributed by atoms with Crippen molar-refractivity contribution in [1.82, 2.24) is 5.32 Å². The summed E-state index contributed by atoms with van der Waals surface area (Å²) in [5.74, 6) is 1.22. The minimum Gasteiger partial charge on any atom is -0.359 e. The van der Waals surface area contributed by atoms with Gasteiger partial charge in [0.1, 0.15) is 0 Å². The zero-order valence-corrected chi connectivity index (χ0v) is 13.9. The second kappa shape index (κ2) is 6.52. The zero-order chi connectivity index (χ0) is 13.8. The van der Waals surface area contributed by atoms with Crippen LogP contribution in [0.1, 0.15) is 62.8 Å². The summed E-state index contributed by atoms with van der Waals surface area (Å²) in [5, 5.41) is 7.13. The molecule has 110 valence electrons. The first kappa shape index (κ1) is 14.5. The van der Waals surface area contributed by atoms with Crippen LogP contribution in [-0.4, -0.2) is 16.5 Å². The summed E-state index contributed by atoms with van der Waals surface area (Å²) < 4.78 is 0. The van der Waals surface area contributed by atoms with Gasteiger partial charge in [-0.25, -0.2) is 0 Å². The molecule has 1 aromatic rings. The van der Waals surface area contributed by atoms with E-state index in [9.17, 15) is 0 Å². The van der Waals surface area contributed by atoms with Crippen LogP contribution in [0, 0.1) is 0 Å². The maximum Gasteiger partial charge on any atom is 0.157 e. The summed E-state index contributed by atoms with van der Waals surface area (Å²) in [6.07, 6.45) is 9.17. The lowest BCUT2D eigenvalue weighted by atomic mass is 9.83. The van der Waals surface area contributed by atoms with Gasteiger partial charge < -0.3 is 5.32 Å². The Morgan fingerprint density at radius 3 is 2.90 bits per heavy atom. The molecule has 4 heteroatoms. The van der Waals surface area contributed by atoms with Gasteiger partial charge in [-0.2, -0.15) is 0 Å². The number of hydrogen-bond donors (Lipinski definition) is 1. The minimum atomic E-state index is 0.355. The third kappa shape index (κ3) is 3.22. The predicted molar refractivity (Wildman–Crippen MR) is 90.8 cm³/mol. The molecule has 1 spiro atoms. The molecule has 0 radical (unpaired) electrons. The number of amidine groups is 1. The van der Waals surface area contributed by atoms with Gasteiger partial charge in [0.15, 0.2) is 5.17 Å². The van der Waals surface area contributed by atoms with Crippen LogP contribution in [-0.2, 0) is 0 Å². The van der Waals surface area contributed by atoms with Crippen LogP contribution in [0.4, 0.5) is 0 Å². The summed E-state index contributed by atoms with van der Waals surface area (Å²) in [5.41, 5.74) is 0.369. The maximum absolute atomic E-state index is 5.04. The topological polar surface area (TPSA) is 24.4 Å². The number of thioether (sulfide) groups is 1. The van der Waals surface area contributed by atoms with Gasteiger partial charge >= 0.3 is 0 Å². The Kier molecular flexibility index (Phi) is 4.72. The molecule has 2 heterocycles. The highest BCUT2D eigenvalue weighted by Crippen LogP contribution is 2.37. The van der Waals surface area contributed by atoms with Gasteiger partial charge in [0.05, 0.1) is 6.04 Å². The number of rotatable bonds is 4. The molecule has 1 aliphatic heterocycles. The number of aliphatic imine (C=N–C) groups is 1. The summed E-state index contributed by atoms with van der Waals surface area (Å²) in [6, 6.07) is 4.72. The monoisotopic (exact) mass is 308 g/mol. The lowest BCUT2D eigenvalue weighted by Crippen LogP contribution is -2.45.